The predicted molar refractivity (Wildman–Crippen MR) is 54.8 cm³/mol. The molecule has 0 aliphatic heterocycles. The molecule has 1 fully saturated rings. The molecule has 0 aromatic carbocycles. The molecule has 2 atom stereocenters. The van der Waals surface area contributed by atoms with Crippen LogP contribution in [0.3, 0.4) is 0 Å². The van der Waals surface area contributed by atoms with Crippen molar-refractivity contribution in [1.29, 1.82) is 0 Å². The highest BCUT2D eigenvalue weighted by atomic mass is 35.5. The van der Waals surface area contributed by atoms with Crippen molar-refractivity contribution in [2.45, 2.75) is 30.6 Å². The number of halogens is 1. The van der Waals surface area contributed by atoms with Gasteiger partial charge in [0, 0.05) is 23.7 Å². The van der Waals surface area contributed by atoms with E-state index in [1.807, 2.05) is 0 Å². The summed E-state index contributed by atoms with van der Waals surface area (Å²) in [6, 6.07) is 0. The summed E-state index contributed by atoms with van der Waals surface area (Å²) >= 11 is 6.06. The topological polar surface area (TPSA) is 35.0 Å². The van der Waals surface area contributed by atoms with E-state index >= 15 is 0 Å². The molecule has 1 heterocycles. The predicted octanol–water partition coefficient (Wildman–Crippen LogP) is 2.36. The number of alkyl halides is 1. The highest BCUT2D eigenvalue weighted by Crippen LogP contribution is 2.38. The van der Waals surface area contributed by atoms with Crippen molar-refractivity contribution >= 4 is 11.6 Å². The van der Waals surface area contributed by atoms with E-state index in [1.165, 1.54) is 0 Å². The highest BCUT2D eigenvalue weighted by Gasteiger charge is 2.27. The first-order valence-electron chi connectivity index (χ1n) is 4.80. The van der Waals surface area contributed by atoms with Crippen LogP contribution in [0.1, 0.15) is 30.9 Å². The van der Waals surface area contributed by atoms with E-state index in [0.29, 0.717) is 11.8 Å². The molecular formula is C10H13ClN2O. The van der Waals surface area contributed by atoms with Crippen LogP contribution in [0.15, 0.2) is 12.4 Å². The smallest absolute Gasteiger partial charge is 0.235 e. The van der Waals surface area contributed by atoms with Gasteiger partial charge < -0.3 is 4.74 Å². The van der Waals surface area contributed by atoms with E-state index in [2.05, 4.69) is 9.97 Å². The van der Waals surface area contributed by atoms with Crippen LogP contribution in [0, 0.1) is 0 Å². The maximum atomic E-state index is 6.06. The summed E-state index contributed by atoms with van der Waals surface area (Å²) in [6.45, 7) is 0. The van der Waals surface area contributed by atoms with E-state index in [1.54, 1.807) is 19.5 Å². The molecule has 1 aliphatic rings. The normalized spacial score (nSPS) is 26.4. The quantitative estimate of drug-likeness (QED) is 0.706. The molecule has 0 radical (unpaired) electrons. The van der Waals surface area contributed by atoms with Crippen molar-refractivity contribution in [3.63, 3.8) is 0 Å². The number of nitrogens with zero attached hydrogens (tertiary/aromatic N) is 2. The Bertz CT molecular complexity index is 319. The summed E-state index contributed by atoms with van der Waals surface area (Å²) in [5.74, 6) is 1.06. The lowest BCUT2D eigenvalue weighted by atomic mass is 10.0. The largest absolute Gasteiger partial charge is 0.480 e. The van der Waals surface area contributed by atoms with Crippen molar-refractivity contribution in [2.75, 3.05) is 7.11 Å². The van der Waals surface area contributed by atoms with Gasteiger partial charge in [-0.2, -0.15) is 0 Å². The van der Waals surface area contributed by atoms with E-state index in [0.717, 1.165) is 25.0 Å². The van der Waals surface area contributed by atoms with Gasteiger partial charge in [-0.05, 0) is 19.3 Å². The van der Waals surface area contributed by atoms with Crippen LogP contribution >= 0.6 is 11.6 Å². The second kappa shape index (κ2) is 4.13. The van der Waals surface area contributed by atoms with Gasteiger partial charge in [0.1, 0.15) is 5.69 Å². The fraction of sp³-hybridized carbons (Fsp3) is 0.600. The van der Waals surface area contributed by atoms with Crippen molar-refractivity contribution in [1.82, 2.24) is 9.97 Å². The van der Waals surface area contributed by atoms with Gasteiger partial charge >= 0.3 is 0 Å². The van der Waals surface area contributed by atoms with Crippen molar-refractivity contribution < 1.29 is 4.74 Å². The van der Waals surface area contributed by atoms with Crippen molar-refractivity contribution in [3.05, 3.63) is 18.1 Å². The third-order valence-corrected chi connectivity index (χ3v) is 3.04. The fourth-order valence-corrected chi connectivity index (χ4v) is 2.29. The van der Waals surface area contributed by atoms with Gasteiger partial charge in [0.05, 0.1) is 7.11 Å². The second-order valence-electron chi connectivity index (χ2n) is 3.56. The van der Waals surface area contributed by atoms with Gasteiger partial charge in [-0.1, -0.05) is 0 Å². The Kier molecular flexibility index (Phi) is 2.87. The van der Waals surface area contributed by atoms with Gasteiger partial charge in [-0.15, -0.1) is 11.6 Å². The van der Waals surface area contributed by atoms with Gasteiger partial charge in [-0.25, -0.2) is 4.98 Å². The average Bonchev–Trinajstić information content (AvgIpc) is 2.65. The maximum absolute atomic E-state index is 6.06. The monoisotopic (exact) mass is 212 g/mol. The number of hydrogen-bond donors (Lipinski definition) is 0. The molecule has 0 N–H and O–H groups in total. The molecule has 1 aliphatic carbocycles. The van der Waals surface area contributed by atoms with E-state index in [-0.39, 0.29) is 5.38 Å². The molecule has 1 saturated carbocycles. The average molecular weight is 213 g/mol. The van der Waals surface area contributed by atoms with Crippen LogP contribution < -0.4 is 4.74 Å². The van der Waals surface area contributed by atoms with Crippen LogP contribution in [0.2, 0.25) is 0 Å². The molecule has 1 aromatic rings. The van der Waals surface area contributed by atoms with E-state index < -0.39 is 0 Å². The minimum atomic E-state index is 0.284. The van der Waals surface area contributed by atoms with Gasteiger partial charge in [0.2, 0.25) is 5.88 Å². The van der Waals surface area contributed by atoms with Crippen LogP contribution in [0.25, 0.3) is 0 Å². The Hall–Kier alpha value is -0.830. The third-order valence-electron chi connectivity index (χ3n) is 2.64. The Balaban J connectivity index is 2.22. The number of hydrogen-bond acceptors (Lipinski definition) is 3. The molecule has 76 valence electrons. The molecule has 2 unspecified atom stereocenters. The molecule has 4 heteroatoms. The first kappa shape index (κ1) is 9.71. The SMILES string of the molecule is COc1nccnc1C1CCC(Cl)C1. The number of methoxy groups -OCH3 is 1. The molecule has 3 nitrogen and oxygen atoms in total. The summed E-state index contributed by atoms with van der Waals surface area (Å²) in [5.41, 5.74) is 0.957. The molecular weight excluding hydrogens is 200 g/mol. The van der Waals surface area contributed by atoms with E-state index in [9.17, 15) is 0 Å². The van der Waals surface area contributed by atoms with Gasteiger partial charge in [0.25, 0.3) is 0 Å². The fourth-order valence-electron chi connectivity index (χ4n) is 1.95. The van der Waals surface area contributed by atoms with E-state index in [4.69, 9.17) is 16.3 Å². The maximum Gasteiger partial charge on any atom is 0.235 e. The van der Waals surface area contributed by atoms with Crippen LogP contribution in [0.4, 0.5) is 0 Å². The summed E-state index contributed by atoms with van der Waals surface area (Å²) < 4.78 is 5.18. The van der Waals surface area contributed by atoms with Crippen LogP contribution in [0.5, 0.6) is 5.88 Å². The number of aromatic nitrogens is 2. The lowest BCUT2D eigenvalue weighted by Gasteiger charge is -2.11. The summed E-state index contributed by atoms with van der Waals surface area (Å²) in [5, 5.41) is 0.284. The Morgan fingerprint density at radius 1 is 1.36 bits per heavy atom. The second-order valence-corrected chi connectivity index (χ2v) is 4.18. The van der Waals surface area contributed by atoms with Gasteiger partial charge in [-0.3, -0.25) is 4.98 Å². The lowest BCUT2D eigenvalue weighted by Crippen LogP contribution is -2.02. The minimum absolute atomic E-state index is 0.284. The molecule has 0 amide bonds. The Labute approximate surface area is 88.5 Å². The first-order chi connectivity index (χ1) is 6.81. The molecule has 0 bridgehead atoms. The summed E-state index contributed by atoms with van der Waals surface area (Å²) in [4.78, 5) is 8.46. The standard InChI is InChI=1S/C10H13ClN2O/c1-14-10-9(12-4-5-13-10)7-2-3-8(11)6-7/h4-5,7-8H,2-3,6H2,1H3. The molecule has 0 saturated heterocycles. The zero-order valence-electron chi connectivity index (χ0n) is 8.11. The third kappa shape index (κ3) is 1.82. The molecule has 2 rings (SSSR count). The summed E-state index contributed by atoms with van der Waals surface area (Å²) in [6.07, 6.45) is 6.49. The first-order valence-corrected chi connectivity index (χ1v) is 5.24. The van der Waals surface area contributed by atoms with Crippen molar-refractivity contribution in [2.24, 2.45) is 0 Å². The zero-order chi connectivity index (χ0) is 9.97. The number of ether oxygens (including phenoxy) is 1. The van der Waals surface area contributed by atoms with Crippen molar-refractivity contribution in [3.8, 4) is 5.88 Å². The van der Waals surface area contributed by atoms with Gasteiger partial charge in [0.15, 0.2) is 0 Å². The highest BCUT2D eigenvalue weighted by molar-refractivity contribution is 6.20. The zero-order valence-corrected chi connectivity index (χ0v) is 8.87. The lowest BCUT2D eigenvalue weighted by molar-refractivity contribution is 0.384. The molecule has 0 spiro atoms. The molecule has 1 aromatic heterocycles. The molecule has 14 heavy (non-hydrogen) atoms. The van der Waals surface area contributed by atoms with Crippen LogP contribution in [-0.2, 0) is 0 Å². The Morgan fingerprint density at radius 2 is 2.14 bits per heavy atom. The van der Waals surface area contributed by atoms with Crippen LogP contribution in [-0.4, -0.2) is 22.5 Å². The Morgan fingerprint density at radius 3 is 2.79 bits per heavy atom. The minimum Gasteiger partial charge on any atom is -0.480 e. The summed E-state index contributed by atoms with van der Waals surface area (Å²) in [7, 11) is 1.63. The number of rotatable bonds is 2.